The van der Waals surface area contributed by atoms with E-state index in [4.69, 9.17) is 29.1 Å². The number of carbonyl (C=O) groups excluding carboxylic acids is 1. The molecule has 216 valence electrons. The number of carboxylic acids is 2. The van der Waals surface area contributed by atoms with Gasteiger partial charge < -0.3 is 24.8 Å². The summed E-state index contributed by atoms with van der Waals surface area (Å²) in [6.45, 7) is 4.25. The number of nitrogens with zero attached hydrogens (tertiary/aromatic N) is 3. The number of likely N-dealkylation sites (tertiary alicyclic amines) is 1. The maximum absolute atomic E-state index is 12.3. The van der Waals surface area contributed by atoms with Crippen molar-refractivity contribution in [3.05, 3.63) is 47.6 Å². The van der Waals surface area contributed by atoms with Gasteiger partial charge in [-0.2, -0.15) is 26.3 Å². The lowest BCUT2D eigenvalue weighted by Crippen LogP contribution is -2.47. The first-order chi connectivity index (χ1) is 18.1. The van der Waals surface area contributed by atoms with Crippen molar-refractivity contribution >= 4 is 17.8 Å². The van der Waals surface area contributed by atoms with Gasteiger partial charge in [0.15, 0.2) is 0 Å². The minimum atomic E-state index is -5.08. The standard InChI is InChI=1S/C18H22N4O3.2C2HF3O2/c1-12-4-2-5-13(20-12)10-22-11-14(17-15(22)6-3-9-24-17)21-18(23)16-7-8-19-25-16;2*3-2(4,5)1(6)7/h2,4-5,7-8,14-15,17H,3,6,9-11H2,1H3,(H,21,23);2*(H,6,7)/t14-,15-,17-;;/m1../s1. The van der Waals surface area contributed by atoms with E-state index >= 15 is 0 Å². The van der Waals surface area contributed by atoms with E-state index in [0.717, 1.165) is 43.9 Å². The zero-order chi connectivity index (χ0) is 29.4. The molecule has 0 bridgehead atoms. The highest BCUT2D eigenvalue weighted by atomic mass is 19.4. The smallest absolute Gasteiger partial charge is 0.475 e. The van der Waals surface area contributed by atoms with Gasteiger partial charge in [-0.05, 0) is 31.9 Å². The molecule has 2 saturated heterocycles. The van der Waals surface area contributed by atoms with Gasteiger partial charge in [-0.25, -0.2) is 9.59 Å². The Balaban J connectivity index is 0.000000317. The summed E-state index contributed by atoms with van der Waals surface area (Å²) in [5, 5.41) is 20.9. The number of aliphatic carboxylic acids is 2. The van der Waals surface area contributed by atoms with Gasteiger partial charge in [0.2, 0.25) is 5.76 Å². The van der Waals surface area contributed by atoms with Crippen molar-refractivity contribution in [1.82, 2.24) is 20.4 Å². The van der Waals surface area contributed by atoms with Crippen molar-refractivity contribution in [2.24, 2.45) is 0 Å². The van der Waals surface area contributed by atoms with Gasteiger partial charge in [0.1, 0.15) is 0 Å². The SMILES string of the molecule is Cc1cccc(CN2C[C@@H](NC(=O)c3ccno3)[C@H]3OCCC[C@H]32)n1.O=C(O)C(F)(F)F.O=C(O)C(F)(F)F. The molecule has 2 aromatic rings. The highest BCUT2D eigenvalue weighted by Gasteiger charge is 2.45. The largest absolute Gasteiger partial charge is 0.490 e. The van der Waals surface area contributed by atoms with Crippen LogP contribution in [0.4, 0.5) is 26.3 Å². The first-order valence-electron chi connectivity index (χ1n) is 11.2. The second-order valence-electron chi connectivity index (χ2n) is 8.31. The summed E-state index contributed by atoms with van der Waals surface area (Å²) in [5.41, 5.74) is 2.06. The van der Waals surface area contributed by atoms with Crippen LogP contribution in [0, 0.1) is 6.92 Å². The van der Waals surface area contributed by atoms with E-state index in [2.05, 4.69) is 20.4 Å². The number of hydrogen-bond acceptors (Lipinski definition) is 8. The van der Waals surface area contributed by atoms with Crippen LogP contribution in [-0.2, 0) is 20.9 Å². The minimum absolute atomic E-state index is 0.00503. The van der Waals surface area contributed by atoms with E-state index in [9.17, 15) is 31.1 Å². The van der Waals surface area contributed by atoms with E-state index in [1.165, 1.54) is 6.20 Å². The fourth-order valence-corrected chi connectivity index (χ4v) is 3.83. The lowest BCUT2D eigenvalue weighted by molar-refractivity contribution is -0.193. The van der Waals surface area contributed by atoms with Crippen molar-refractivity contribution in [3.8, 4) is 0 Å². The molecule has 0 unspecified atom stereocenters. The van der Waals surface area contributed by atoms with E-state index in [-0.39, 0.29) is 23.8 Å². The van der Waals surface area contributed by atoms with Gasteiger partial charge >= 0.3 is 24.3 Å². The summed E-state index contributed by atoms with van der Waals surface area (Å²) in [4.78, 5) is 37.1. The number of aryl methyl sites for hydroxylation is 1. The van der Waals surface area contributed by atoms with Crippen LogP contribution in [-0.4, -0.2) is 86.8 Å². The Morgan fingerprint density at radius 3 is 2.21 bits per heavy atom. The number of alkyl halides is 6. The van der Waals surface area contributed by atoms with Gasteiger partial charge in [-0.3, -0.25) is 14.7 Å². The summed E-state index contributed by atoms with van der Waals surface area (Å²) in [7, 11) is 0. The van der Waals surface area contributed by atoms with Gasteiger partial charge in [-0.1, -0.05) is 11.2 Å². The zero-order valence-corrected chi connectivity index (χ0v) is 20.2. The molecule has 2 fully saturated rings. The molecule has 0 saturated carbocycles. The maximum Gasteiger partial charge on any atom is 0.490 e. The van der Waals surface area contributed by atoms with Gasteiger partial charge in [0, 0.05) is 37.5 Å². The zero-order valence-electron chi connectivity index (χ0n) is 20.2. The Morgan fingerprint density at radius 1 is 1.08 bits per heavy atom. The number of fused-ring (bicyclic) bond motifs is 1. The summed E-state index contributed by atoms with van der Waals surface area (Å²) >= 11 is 0. The molecule has 0 radical (unpaired) electrons. The molecule has 1 amide bonds. The minimum Gasteiger partial charge on any atom is -0.475 e. The molecule has 0 aromatic carbocycles. The van der Waals surface area contributed by atoms with Crippen LogP contribution >= 0.6 is 0 Å². The summed E-state index contributed by atoms with van der Waals surface area (Å²) in [5.74, 6) is -5.53. The number of nitrogens with one attached hydrogen (secondary N) is 1. The van der Waals surface area contributed by atoms with Crippen LogP contribution in [0.15, 0.2) is 35.0 Å². The average Bonchev–Trinajstić information content (AvgIpc) is 3.48. The molecule has 3 atom stereocenters. The second-order valence-corrected chi connectivity index (χ2v) is 8.31. The highest BCUT2D eigenvalue weighted by molar-refractivity contribution is 5.91. The molecule has 39 heavy (non-hydrogen) atoms. The number of amides is 1. The van der Waals surface area contributed by atoms with E-state index < -0.39 is 24.3 Å². The number of hydrogen-bond donors (Lipinski definition) is 3. The van der Waals surface area contributed by atoms with Gasteiger partial charge in [-0.15, -0.1) is 0 Å². The van der Waals surface area contributed by atoms with Crippen molar-refractivity contribution in [2.45, 2.75) is 56.9 Å². The van der Waals surface area contributed by atoms with Crippen molar-refractivity contribution < 1.29 is 60.2 Å². The number of pyridine rings is 1. The quantitative estimate of drug-likeness (QED) is 0.468. The third-order valence-corrected chi connectivity index (χ3v) is 5.40. The third kappa shape index (κ3) is 9.82. The molecule has 11 nitrogen and oxygen atoms in total. The lowest BCUT2D eigenvalue weighted by atomic mass is 10.0. The van der Waals surface area contributed by atoms with Crippen molar-refractivity contribution in [3.63, 3.8) is 0 Å². The average molecular weight is 570 g/mol. The Hall–Kier alpha value is -3.73. The van der Waals surface area contributed by atoms with Crippen LogP contribution < -0.4 is 5.32 Å². The topological polar surface area (TPSA) is 155 Å². The molecule has 2 aliphatic rings. The Bertz CT molecular complexity index is 1090. The fourth-order valence-electron chi connectivity index (χ4n) is 3.83. The van der Waals surface area contributed by atoms with Crippen LogP contribution in [0.25, 0.3) is 0 Å². The van der Waals surface area contributed by atoms with E-state index in [1.807, 2.05) is 25.1 Å². The third-order valence-electron chi connectivity index (χ3n) is 5.40. The molecule has 4 heterocycles. The molecule has 0 spiro atoms. The van der Waals surface area contributed by atoms with Crippen LogP contribution in [0.2, 0.25) is 0 Å². The molecular weight excluding hydrogens is 546 g/mol. The number of carbonyl (C=O) groups is 3. The summed E-state index contributed by atoms with van der Waals surface area (Å²) in [6.07, 6.45) is -6.57. The molecule has 17 heteroatoms. The highest BCUT2D eigenvalue weighted by Crippen LogP contribution is 2.30. The van der Waals surface area contributed by atoms with Crippen molar-refractivity contribution in [1.29, 1.82) is 0 Å². The predicted molar refractivity (Wildman–Crippen MR) is 117 cm³/mol. The number of rotatable bonds is 4. The Kier molecular flexibility index (Phi) is 10.8. The molecule has 2 aliphatic heterocycles. The number of ether oxygens (including phenoxy) is 1. The van der Waals surface area contributed by atoms with Crippen LogP contribution in [0.1, 0.15) is 34.8 Å². The molecule has 4 rings (SSSR count). The van der Waals surface area contributed by atoms with Crippen LogP contribution in [0.5, 0.6) is 0 Å². The molecule has 3 N–H and O–H groups in total. The van der Waals surface area contributed by atoms with Crippen LogP contribution in [0.3, 0.4) is 0 Å². The lowest BCUT2D eigenvalue weighted by Gasteiger charge is -2.32. The molecular formula is C22H24F6N4O7. The number of carboxylic acid groups (broad SMARTS) is 2. The second kappa shape index (κ2) is 13.4. The summed E-state index contributed by atoms with van der Waals surface area (Å²) in [6, 6.07) is 7.89. The Morgan fingerprint density at radius 2 is 1.69 bits per heavy atom. The monoisotopic (exact) mass is 570 g/mol. The van der Waals surface area contributed by atoms with E-state index in [0.29, 0.717) is 6.04 Å². The van der Waals surface area contributed by atoms with Gasteiger partial charge in [0.05, 0.1) is 24.0 Å². The van der Waals surface area contributed by atoms with Gasteiger partial charge in [0.25, 0.3) is 5.91 Å². The summed E-state index contributed by atoms with van der Waals surface area (Å²) < 4.78 is 74.4. The first-order valence-corrected chi connectivity index (χ1v) is 11.2. The Labute approximate surface area is 216 Å². The predicted octanol–water partition coefficient (Wildman–Crippen LogP) is 2.81. The normalized spacial score (nSPS) is 20.9. The maximum atomic E-state index is 12.3. The number of halogens is 6. The van der Waals surface area contributed by atoms with Crippen molar-refractivity contribution in [2.75, 3.05) is 13.2 Å². The first kappa shape index (κ1) is 31.5. The molecule has 2 aromatic heterocycles. The fraction of sp³-hybridized carbons (Fsp3) is 0.500. The molecule has 0 aliphatic carbocycles. The number of aromatic nitrogens is 2. The van der Waals surface area contributed by atoms with E-state index in [1.54, 1.807) is 6.07 Å².